The van der Waals surface area contributed by atoms with Crippen molar-refractivity contribution in [3.63, 3.8) is 0 Å². The number of hydrogen-bond acceptors (Lipinski definition) is 13. The molecule has 0 radical (unpaired) electrons. The second-order valence-electron chi connectivity index (χ2n) is 24.3. The van der Waals surface area contributed by atoms with E-state index in [0.717, 1.165) is 83.8 Å². The van der Waals surface area contributed by atoms with Gasteiger partial charge in [-0.3, -0.25) is 9.59 Å². The molecule has 5 saturated heterocycles. The molecule has 1 aromatic carbocycles. The van der Waals surface area contributed by atoms with Gasteiger partial charge < -0.3 is 49.3 Å². The fourth-order valence-corrected chi connectivity index (χ4v) is 18.6. The van der Waals surface area contributed by atoms with Crippen LogP contribution in [0.15, 0.2) is 47.1 Å². The Bertz CT molecular complexity index is 2260. The SMILES string of the molecule is CC1(C)OC2C3(CCCC3)C(=O)OCC23C1C(=O)C(O)C1(C2CCCC(Cc4ccccc4)C2)C3CCC2(C)C(c3ccoc3CC(C(O)CO)C3CCC(C4CNCN4)CC3)OC(=O)C3OC321. The molecule has 13 nitrogen and oxygen atoms in total. The Labute approximate surface area is 400 Å². The molecule has 2 aromatic rings. The fourth-order valence-electron chi connectivity index (χ4n) is 18.6. The maximum Gasteiger partial charge on any atom is 0.339 e. The third-order valence-electron chi connectivity index (χ3n) is 21.2. The number of fused-ring (bicyclic) bond motifs is 2. The first-order valence-electron chi connectivity index (χ1n) is 26.5. The number of rotatable bonds is 10. The molecule has 0 amide bonds. The Morgan fingerprint density at radius 2 is 1.66 bits per heavy atom. The van der Waals surface area contributed by atoms with Gasteiger partial charge in [0.05, 0.1) is 42.0 Å². The molecule has 68 heavy (non-hydrogen) atoms. The van der Waals surface area contributed by atoms with Gasteiger partial charge in [-0.1, -0.05) is 62.9 Å². The van der Waals surface area contributed by atoms with Crippen LogP contribution >= 0.6 is 0 Å². The van der Waals surface area contributed by atoms with Crippen molar-refractivity contribution in [2.45, 2.75) is 171 Å². The van der Waals surface area contributed by atoms with Gasteiger partial charge >= 0.3 is 11.9 Å². The molecule has 6 heterocycles. The minimum absolute atomic E-state index is 0.0269. The minimum atomic E-state index is -1.48. The fraction of sp³-hybridized carbons (Fsp3) is 0.764. The zero-order chi connectivity index (χ0) is 47.0. The normalized spacial score (nSPS) is 45.3. The molecular formula is C55H74N2O11. The number of Topliss-reactive ketones (excluding diaryl/α,β-unsaturated/α-hetero) is 1. The van der Waals surface area contributed by atoms with Gasteiger partial charge in [0.1, 0.15) is 30.2 Å². The average Bonchev–Trinajstić information content (AvgIpc) is 3.84. The molecule has 370 valence electrons. The number of benzene rings is 1. The molecule has 15 unspecified atom stereocenters. The summed E-state index contributed by atoms with van der Waals surface area (Å²) in [6.45, 7) is 7.53. The molecule has 12 rings (SSSR count). The van der Waals surface area contributed by atoms with Crippen LogP contribution in [0.5, 0.6) is 0 Å². The highest BCUT2D eigenvalue weighted by Gasteiger charge is 2.93. The number of carbonyl (C=O) groups excluding carboxylic acids is 3. The van der Waals surface area contributed by atoms with Crippen LogP contribution in [0.1, 0.15) is 134 Å². The third kappa shape index (κ3) is 6.20. The first kappa shape index (κ1) is 45.9. The average molecular weight is 939 g/mol. The number of esters is 2. The molecule has 5 aliphatic carbocycles. The lowest BCUT2D eigenvalue weighted by atomic mass is 9.32. The Hall–Kier alpha value is -3.17. The van der Waals surface area contributed by atoms with E-state index in [4.69, 9.17) is 23.4 Å². The Balaban J connectivity index is 0.967. The Morgan fingerprint density at radius 1 is 0.882 bits per heavy atom. The highest BCUT2D eigenvalue weighted by molar-refractivity contribution is 5.93. The molecule has 10 fully saturated rings. The monoisotopic (exact) mass is 939 g/mol. The van der Waals surface area contributed by atoms with Gasteiger partial charge in [-0.2, -0.15) is 0 Å². The highest BCUT2D eigenvalue weighted by Crippen LogP contribution is 2.83. The van der Waals surface area contributed by atoms with E-state index in [-0.39, 0.29) is 54.6 Å². The smallest absolute Gasteiger partial charge is 0.339 e. The summed E-state index contributed by atoms with van der Waals surface area (Å²) in [5.74, 6) is -1.03. The number of furan rings is 1. The van der Waals surface area contributed by atoms with E-state index in [1.807, 2.05) is 26.0 Å². The number of aliphatic hydroxyl groups is 3. The third-order valence-corrected chi connectivity index (χ3v) is 21.2. The lowest BCUT2D eigenvalue weighted by Gasteiger charge is -2.70. The first-order valence-corrected chi connectivity index (χ1v) is 26.5. The van der Waals surface area contributed by atoms with E-state index < -0.39 is 75.3 Å². The van der Waals surface area contributed by atoms with E-state index in [2.05, 4.69) is 41.8 Å². The van der Waals surface area contributed by atoms with Crippen molar-refractivity contribution in [1.82, 2.24) is 10.6 Å². The Kier molecular flexibility index (Phi) is 11.1. The van der Waals surface area contributed by atoms with Crippen LogP contribution in [0.3, 0.4) is 0 Å². The van der Waals surface area contributed by atoms with Gasteiger partial charge in [-0.15, -0.1) is 0 Å². The zero-order valence-electron chi connectivity index (χ0n) is 40.3. The molecule has 0 bridgehead atoms. The van der Waals surface area contributed by atoms with Crippen molar-refractivity contribution >= 4 is 17.7 Å². The van der Waals surface area contributed by atoms with Crippen molar-refractivity contribution in [3.8, 4) is 0 Å². The van der Waals surface area contributed by atoms with Crippen LogP contribution in [0.2, 0.25) is 0 Å². The van der Waals surface area contributed by atoms with Crippen LogP contribution in [0.25, 0.3) is 0 Å². The van der Waals surface area contributed by atoms with E-state index in [1.54, 1.807) is 6.26 Å². The first-order chi connectivity index (χ1) is 32.8. The standard InChI is InChI=1S/C55H74N2O11/c1-50(2)43-42(60)44(61)54(35-13-9-12-32(25-35)24-31-10-5-4-6-11-31)41(53(43)29-65-49(63)52(48(53)68-50)20-7-8-21-52)18-22-51(3)45(66-47(62)46-55(51,54)67-46)36-19-23-64-40(36)26-37(39(59)28-58)33-14-16-34(17-15-33)38-27-56-30-57-38/h4-6,10-11,19,23,32-35,37-39,41,43-46,48,56-59,61H,7-9,12-18,20-22,24-30H2,1-3H3. The quantitative estimate of drug-likeness (QED) is 0.135. The molecular weight excluding hydrogens is 865 g/mol. The van der Waals surface area contributed by atoms with Crippen LogP contribution in [-0.2, 0) is 46.2 Å². The molecule has 5 N–H and O–H groups in total. The largest absolute Gasteiger partial charge is 0.469 e. The summed E-state index contributed by atoms with van der Waals surface area (Å²) in [7, 11) is 0. The van der Waals surface area contributed by atoms with Gasteiger partial charge in [0.25, 0.3) is 0 Å². The predicted molar refractivity (Wildman–Crippen MR) is 247 cm³/mol. The van der Waals surface area contributed by atoms with Gasteiger partial charge in [0.15, 0.2) is 11.9 Å². The van der Waals surface area contributed by atoms with Gasteiger partial charge in [0.2, 0.25) is 0 Å². The molecule has 13 heteroatoms. The number of nitrogens with one attached hydrogen (secondary N) is 2. The number of ketones is 1. The highest BCUT2D eigenvalue weighted by atomic mass is 16.7. The zero-order valence-corrected chi connectivity index (χ0v) is 40.3. The van der Waals surface area contributed by atoms with Gasteiger partial charge in [-0.25, -0.2) is 4.79 Å². The number of aliphatic hydroxyl groups excluding tert-OH is 3. The number of hydrogen-bond donors (Lipinski definition) is 5. The number of cyclic esters (lactones) is 2. The maximum absolute atomic E-state index is 16.0. The lowest BCUT2D eigenvalue weighted by Crippen LogP contribution is -2.80. The molecule has 1 aromatic heterocycles. The minimum Gasteiger partial charge on any atom is -0.469 e. The summed E-state index contributed by atoms with van der Waals surface area (Å²) in [5, 5.41) is 42.7. The van der Waals surface area contributed by atoms with Crippen molar-refractivity contribution in [3.05, 3.63) is 59.5 Å². The summed E-state index contributed by atoms with van der Waals surface area (Å²) in [5.41, 5.74) is -4.36. The van der Waals surface area contributed by atoms with Crippen molar-refractivity contribution < 1.29 is 53.1 Å². The predicted octanol–water partition coefficient (Wildman–Crippen LogP) is 6.14. The number of carbonyl (C=O) groups is 3. The number of ether oxygens (including phenoxy) is 4. The van der Waals surface area contributed by atoms with Crippen LogP contribution < -0.4 is 10.6 Å². The van der Waals surface area contributed by atoms with Crippen LogP contribution in [-0.4, -0.2) is 101 Å². The van der Waals surface area contributed by atoms with Crippen molar-refractivity contribution in [2.75, 3.05) is 26.4 Å². The van der Waals surface area contributed by atoms with E-state index in [9.17, 15) is 24.9 Å². The van der Waals surface area contributed by atoms with Gasteiger partial charge in [0, 0.05) is 47.5 Å². The molecule has 5 aliphatic heterocycles. The summed E-state index contributed by atoms with van der Waals surface area (Å²) >= 11 is 0. The molecule has 10 aliphatic rings. The number of epoxide rings is 1. The second-order valence-corrected chi connectivity index (χ2v) is 24.3. The van der Waals surface area contributed by atoms with E-state index >= 15 is 4.79 Å². The molecule has 15 atom stereocenters. The molecule has 5 saturated carbocycles. The second kappa shape index (κ2) is 16.4. The van der Waals surface area contributed by atoms with E-state index in [0.29, 0.717) is 55.4 Å². The summed E-state index contributed by atoms with van der Waals surface area (Å²) in [6, 6.07) is 12.9. The Morgan fingerprint density at radius 3 is 2.40 bits per heavy atom. The maximum atomic E-state index is 16.0. The van der Waals surface area contributed by atoms with Crippen LogP contribution in [0.4, 0.5) is 0 Å². The topological polar surface area (TPSA) is 189 Å². The lowest BCUT2D eigenvalue weighted by molar-refractivity contribution is -0.285. The van der Waals surface area contributed by atoms with Crippen molar-refractivity contribution in [1.29, 1.82) is 0 Å². The summed E-state index contributed by atoms with van der Waals surface area (Å²) in [6.07, 6.45) is 9.46. The summed E-state index contributed by atoms with van der Waals surface area (Å²) < 4.78 is 34.0. The van der Waals surface area contributed by atoms with E-state index in [1.165, 1.54) is 5.56 Å². The van der Waals surface area contributed by atoms with Crippen LogP contribution in [0, 0.1) is 63.1 Å². The molecule has 3 spiro atoms. The van der Waals surface area contributed by atoms with Gasteiger partial charge in [-0.05, 0) is 132 Å². The summed E-state index contributed by atoms with van der Waals surface area (Å²) in [4.78, 5) is 45.2. The van der Waals surface area contributed by atoms with Crippen molar-refractivity contribution in [2.24, 2.45) is 63.1 Å².